The summed E-state index contributed by atoms with van der Waals surface area (Å²) < 4.78 is 44.6. The number of ether oxygens (including phenoxy) is 1. The topological polar surface area (TPSA) is 102 Å². The first kappa shape index (κ1) is 17.3. The Bertz CT molecular complexity index is 554. The summed E-state index contributed by atoms with van der Waals surface area (Å²) in [6.45, 7) is 0.633. The maximum Gasteiger partial charge on any atom is 0.241 e. The summed E-state index contributed by atoms with van der Waals surface area (Å²) in [7, 11) is -3.77. The standard InChI is InChI=1S/C11H16BrFN2O4S/c12-8-6-9(13)10(14)7-11(8)20(17,18)15-2-1-4-19-5-3-16/h6-7,15-16H,1-5,14H2. The van der Waals surface area contributed by atoms with Crippen molar-refractivity contribution >= 4 is 31.6 Å². The third-order valence-electron chi connectivity index (χ3n) is 2.33. The van der Waals surface area contributed by atoms with E-state index in [1.165, 1.54) is 0 Å². The Morgan fingerprint density at radius 2 is 2.10 bits per heavy atom. The zero-order valence-corrected chi connectivity index (χ0v) is 13.0. The fraction of sp³-hybridized carbons (Fsp3) is 0.455. The maximum absolute atomic E-state index is 13.2. The number of nitrogens with one attached hydrogen (secondary N) is 1. The van der Waals surface area contributed by atoms with Crippen molar-refractivity contribution in [2.24, 2.45) is 0 Å². The van der Waals surface area contributed by atoms with Gasteiger partial charge in [-0.25, -0.2) is 17.5 Å². The van der Waals surface area contributed by atoms with Gasteiger partial charge in [-0.3, -0.25) is 0 Å². The molecule has 0 unspecified atom stereocenters. The van der Waals surface area contributed by atoms with Crippen LogP contribution in [0.15, 0.2) is 21.5 Å². The first-order chi connectivity index (χ1) is 9.38. The lowest BCUT2D eigenvalue weighted by molar-refractivity contribution is 0.0913. The molecular formula is C11H16BrFN2O4S. The highest BCUT2D eigenvalue weighted by molar-refractivity contribution is 9.10. The molecule has 0 fully saturated rings. The lowest BCUT2D eigenvalue weighted by atomic mass is 10.3. The van der Waals surface area contributed by atoms with Gasteiger partial charge in [0.15, 0.2) is 0 Å². The van der Waals surface area contributed by atoms with E-state index in [1.54, 1.807) is 0 Å². The minimum absolute atomic E-state index is 0.0759. The zero-order chi connectivity index (χ0) is 15.2. The van der Waals surface area contributed by atoms with E-state index in [9.17, 15) is 12.8 Å². The molecule has 0 heterocycles. The van der Waals surface area contributed by atoms with Gasteiger partial charge in [-0.1, -0.05) is 0 Å². The summed E-state index contributed by atoms with van der Waals surface area (Å²) in [4.78, 5) is -0.118. The number of aliphatic hydroxyl groups excluding tert-OH is 1. The molecule has 20 heavy (non-hydrogen) atoms. The van der Waals surface area contributed by atoms with E-state index in [4.69, 9.17) is 15.6 Å². The first-order valence-electron chi connectivity index (χ1n) is 5.81. The minimum atomic E-state index is -3.77. The molecule has 1 aromatic carbocycles. The molecular weight excluding hydrogens is 355 g/mol. The van der Waals surface area contributed by atoms with Gasteiger partial charge in [0.2, 0.25) is 10.0 Å². The number of hydrogen-bond acceptors (Lipinski definition) is 5. The predicted octanol–water partition coefficient (Wildman–Crippen LogP) is 0.848. The average molecular weight is 371 g/mol. The van der Waals surface area contributed by atoms with Gasteiger partial charge in [0.25, 0.3) is 0 Å². The first-order valence-corrected chi connectivity index (χ1v) is 8.09. The van der Waals surface area contributed by atoms with E-state index in [1.807, 2.05) is 0 Å². The van der Waals surface area contributed by atoms with Crippen molar-refractivity contribution in [3.63, 3.8) is 0 Å². The second-order valence-corrected chi connectivity index (χ2v) is 6.48. The summed E-state index contributed by atoms with van der Waals surface area (Å²) in [5.74, 6) is -0.687. The van der Waals surface area contributed by atoms with Crippen LogP contribution in [0.5, 0.6) is 0 Å². The molecule has 0 aromatic heterocycles. The van der Waals surface area contributed by atoms with Crippen LogP contribution in [0.3, 0.4) is 0 Å². The zero-order valence-electron chi connectivity index (χ0n) is 10.6. The lowest BCUT2D eigenvalue weighted by Gasteiger charge is -2.10. The van der Waals surface area contributed by atoms with Crippen LogP contribution < -0.4 is 10.5 Å². The van der Waals surface area contributed by atoms with Crippen molar-refractivity contribution in [3.05, 3.63) is 22.4 Å². The molecule has 0 atom stereocenters. The number of sulfonamides is 1. The third-order valence-corrected chi connectivity index (χ3v) is 4.75. The Balaban J connectivity index is 2.63. The second kappa shape index (κ2) is 7.89. The molecule has 0 aliphatic carbocycles. The Kier molecular flexibility index (Phi) is 6.83. The van der Waals surface area contributed by atoms with E-state index >= 15 is 0 Å². The molecule has 1 aromatic rings. The van der Waals surface area contributed by atoms with E-state index in [-0.39, 0.29) is 34.8 Å². The van der Waals surface area contributed by atoms with Crippen LogP contribution in [0.1, 0.15) is 6.42 Å². The summed E-state index contributed by atoms with van der Waals surface area (Å²) in [6, 6.07) is 2.07. The van der Waals surface area contributed by atoms with Crippen LogP contribution in [-0.2, 0) is 14.8 Å². The van der Waals surface area contributed by atoms with Crippen molar-refractivity contribution < 1.29 is 22.7 Å². The molecule has 9 heteroatoms. The number of nitrogen functional groups attached to an aromatic ring is 1. The molecule has 4 N–H and O–H groups in total. The predicted molar refractivity (Wildman–Crippen MR) is 76.2 cm³/mol. The van der Waals surface area contributed by atoms with E-state index in [2.05, 4.69) is 20.7 Å². The molecule has 0 spiro atoms. The van der Waals surface area contributed by atoms with Crippen LogP contribution in [0, 0.1) is 5.82 Å². The minimum Gasteiger partial charge on any atom is -0.396 e. The normalized spacial score (nSPS) is 11.8. The number of nitrogens with two attached hydrogens (primary N) is 1. The van der Waals surface area contributed by atoms with Crippen molar-refractivity contribution in [1.82, 2.24) is 4.72 Å². The molecule has 0 saturated carbocycles. The van der Waals surface area contributed by atoms with E-state index < -0.39 is 15.8 Å². The number of halogens is 2. The monoisotopic (exact) mass is 370 g/mol. The van der Waals surface area contributed by atoms with E-state index in [0.717, 1.165) is 12.1 Å². The summed E-state index contributed by atoms with van der Waals surface area (Å²) >= 11 is 2.99. The molecule has 0 aliphatic rings. The molecule has 0 bridgehead atoms. The smallest absolute Gasteiger partial charge is 0.241 e. The molecule has 114 valence electrons. The summed E-state index contributed by atoms with van der Waals surface area (Å²) in [5, 5.41) is 8.50. The van der Waals surface area contributed by atoms with Crippen molar-refractivity contribution in [1.29, 1.82) is 0 Å². The number of anilines is 1. The van der Waals surface area contributed by atoms with Crippen molar-refractivity contribution in [3.8, 4) is 0 Å². The summed E-state index contributed by atoms with van der Waals surface area (Å²) in [5.41, 5.74) is 5.13. The maximum atomic E-state index is 13.2. The van der Waals surface area contributed by atoms with Crippen LogP contribution in [0.25, 0.3) is 0 Å². The third kappa shape index (κ3) is 4.98. The second-order valence-electron chi connectivity index (χ2n) is 3.89. The highest BCUT2D eigenvalue weighted by Gasteiger charge is 2.19. The molecule has 0 amide bonds. The molecule has 0 radical (unpaired) electrons. The Hall–Kier alpha value is -0.740. The van der Waals surface area contributed by atoms with Gasteiger partial charge in [0.05, 0.1) is 23.8 Å². The molecule has 0 aliphatic heterocycles. The Labute approximate surface area is 125 Å². The van der Waals surface area contributed by atoms with Gasteiger partial charge >= 0.3 is 0 Å². The molecule has 1 rings (SSSR count). The van der Waals surface area contributed by atoms with Crippen LogP contribution in [-0.4, -0.2) is 39.9 Å². The number of aliphatic hydroxyl groups is 1. The van der Waals surface area contributed by atoms with Crippen molar-refractivity contribution in [2.45, 2.75) is 11.3 Å². The van der Waals surface area contributed by atoms with Gasteiger partial charge in [-0.2, -0.15) is 0 Å². The Morgan fingerprint density at radius 3 is 2.75 bits per heavy atom. The highest BCUT2D eigenvalue weighted by atomic mass is 79.9. The summed E-state index contributed by atoms with van der Waals surface area (Å²) in [6.07, 6.45) is 0.452. The fourth-order valence-electron chi connectivity index (χ4n) is 1.38. The van der Waals surface area contributed by atoms with Crippen molar-refractivity contribution in [2.75, 3.05) is 32.1 Å². The van der Waals surface area contributed by atoms with Gasteiger partial charge < -0.3 is 15.6 Å². The van der Waals surface area contributed by atoms with Gasteiger partial charge in [-0.15, -0.1) is 0 Å². The van der Waals surface area contributed by atoms with Crippen LogP contribution in [0.2, 0.25) is 0 Å². The Morgan fingerprint density at radius 1 is 1.40 bits per heavy atom. The number of benzene rings is 1. The highest BCUT2D eigenvalue weighted by Crippen LogP contribution is 2.26. The number of rotatable bonds is 8. The lowest BCUT2D eigenvalue weighted by Crippen LogP contribution is -2.26. The van der Waals surface area contributed by atoms with Gasteiger partial charge in [0.1, 0.15) is 5.82 Å². The molecule has 0 saturated heterocycles. The SMILES string of the molecule is Nc1cc(S(=O)(=O)NCCCOCCO)c(Br)cc1F. The van der Waals surface area contributed by atoms with Crippen LogP contribution >= 0.6 is 15.9 Å². The average Bonchev–Trinajstić information content (AvgIpc) is 2.37. The number of hydrogen-bond donors (Lipinski definition) is 3. The molecule has 6 nitrogen and oxygen atoms in total. The quantitative estimate of drug-likeness (QED) is 0.465. The van der Waals surface area contributed by atoms with Gasteiger partial charge in [-0.05, 0) is 34.5 Å². The largest absolute Gasteiger partial charge is 0.396 e. The van der Waals surface area contributed by atoms with E-state index in [0.29, 0.717) is 13.0 Å². The van der Waals surface area contributed by atoms with Gasteiger partial charge in [0, 0.05) is 17.6 Å². The van der Waals surface area contributed by atoms with Crippen LogP contribution in [0.4, 0.5) is 10.1 Å². The fourth-order valence-corrected chi connectivity index (χ4v) is 3.50.